The topological polar surface area (TPSA) is 112 Å². The number of carboxylic acid groups (broad SMARTS) is 1. The molecule has 3 rings (SSSR count). The average Bonchev–Trinajstić information content (AvgIpc) is 3.12. The Labute approximate surface area is 162 Å². The molecule has 1 heterocycles. The molecule has 0 aliphatic heterocycles. The van der Waals surface area contributed by atoms with Crippen LogP contribution in [-0.4, -0.2) is 28.3 Å². The Balaban J connectivity index is 1.70. The molecule has 0 saturated carbocycles. The summed E-state index contributed by atoms with van der Waals surface area (Å²) in [6.07, 6.45) is 1.30. The number of hydrogen-bond donors (Lipinski definition) is 3. The molecule has 7 nitrogen and oxygen atoms in total. The number of hydrogen-bond acceptors (Lipinski definition) is 5. The van der Waals surface area contributed by atoms with E-state index in [1.54, 1.807) is 30.3 Å². The molecule has 0 aliphatic carbocycles. The molecule has 1 amide bonds. The molecule has 3 aromatic rings. The SMILES string of the molecule is O=C(O)c1cccc(-c2ccc(/C=N/NC(=O)c3cc(Br)ccc3O)o2)c1. The predicted octanol–water partition coefficient (Wildman–Crippen LogP) is 3.88. The third-order valence-electron chi connectivity index (χ3n) is 3.58. The quantitative estimate of drug-likeness (QED) is 0.421. The van der Waals surface area contributed by atoms with E-state index in [0.29, 0.717) is 21.6 Å². The summed E-state index contributed by atoms with van der Waals surface area (Å²) in [5, 5.41) is 22.6. The van der Waals surface area contributed by atoms with Gasteiger partial charge in [-0.25, -0.2) is 10.2 Å². The van der Waals surface area contributed by atoms with E-state index in [-0.39, 0.29) is 16.9 Å². The smallest absolute Gasteiger partial charge is 0.335 e. The number of benzene rings is 2. The van der Waals surface area contributed by atoms with Gasteiger partial charge in [-0.2, -0.15) is 5.10 Å². The summed E-state index contributed by atoms with van der Waals surface area (Å²) in [5.74, 6) is -0.931. The monoisotopic (exact) mass is 428 g/mol. The van der Waals surface area contributed by atoms with Crippen LogP contribution in [0.1, 0.15) is 26.5 Å². The van der Waals surface area contributed by atoms with E-state index in [1.165, 1.54) is 30.5 Å². The Morgan fingerprint density at radius 2 is 1.93 bits per heavy atom. The van der Waals surface area contributed by atoms with E-state index < -0.39 is 11.9 Å². The van der Waals surface area contributed by atoms with Crippen LogP contribution >= 0.6 is 15.9 Å². The lowest BCUT2D eigenvalue weighted by Crippen LogP contribution is -2.17. The Morgan fingerprint density at radius 3 is 2.70 bits per heavy atom. The van der Waals surface area contributed by atoms with Crippen LogP contribution in [0.5, 0.6) is 5.75 Å². The number of carbonyl (C=O) groups excluding carboxylic acids is 1. The summed E-state index contributed by atoms with van der Waals surface area (Å²) in [4.78, 5) is 23.1. The molecule has 0 unspecified atom stereocenters. The van der Waals surface area contributed by atoms with Gasteiger partial charge in [-0.1, -0.05) is 28.1 Å². The zero-order valence-electron chi connectivity index (χ0n) is 13.7. The molecule has 3 N–H and O–H groups in total. The maximum absolute atomic E-state index is 12.0. The first-order valence-corrected chi connectivity index (χ1v) is 8.49. The first kappa shape index (κ1) is 18.4. The first-order valence-electron chi connectivity index (χ1n) is 7.69. The van der Waals surface area contributed by atoms with Gasteiger partial charge < -0.3 is 14.6 Å². The normalized spacial score (nSPS) is 10.9. The highest BCUT2D eigenvalue weighted by atomic mass is 79.9. The van der Waals surface area contributed by atoms with Crippen molar-refractivity contribution in [2.24, 2.45) is 5.10 Å². The van der Waals surface area contributed by atoms with Gasteiger partial charge in [0.1, 0.15) is 17.3 Å². The van der Waals surface area contributed by atoms with Crippen LogP contribution in [0.25, 0.3) is 11.3 Å². The van der Waals surface area contributed by atoms with Crippen LogP contribution in [0.4, 0.5) is 0 Å². The molecule has 0 radical (unpaired) electrons. The maximum Gasteiger partial charge on any atom is 0.335 e. The van der Waals surface area contributed by atoms with Crippen LogP contribution < -0.4 is 5.43 Å². The van der Waals surface area contributed by atoms with E-state index in [0.717, 1.165) is 0 Å². The van der Waals surface area contributed by atoms with Gasteiger partial charge >= 0.3 is 5.97 Å². The average molecular weight is 429 g/mol. The Morgan fingerprint density at radius 1 is 1.11 bits per heavy atom. The zero-order valence-corrected chi connectivity index (χ0v) is 15.3. The number of nitrogens with zero attached hydrogens (tertiary/aromatic N) is 1. The number of halogens is 1. The number of aromatic carboxylic acids is 1. The lowest BCUT2D eigenvalue weighted by Gasteiger charge is -2.03. The van der Waals surface area contributed by atoms with Crippen LogP contribution in [-0.2, 0) is 0 Å². The number of hydrazone groups is 1. The Kier molecular flexibility index (Phi) is 5.37. The van der Waals surface area contributed by atoms with Crippen molar-refractivity contribution in [3.8, 4) is 17.1 Å². The highest BCUT2D eigenvalue weighted by molar-refractivity contribution is 9.10. The van der Waals surface area contributed by atoms with Crippen LogP contribution in [0, 0.1) is 0 Å². The van der Waals surface area contributed by atoms with Crippen molar-refractivity contribution in [2.45, 2.75) is 0 Å². The number of rotatable bonds is 5. The Hall–Kier alpha value is -3.39. The minimum Gasteiger partial charge on any atom is -0.507 e. The largest absolute Gasteiger partial charge is 0.507 e. The van der Waals surface area contributed by atoms with E-state index in [9.17, 15) is 14.7 Å². The number of nitrogens with one attached hydrogen (secondary N) is 1. The van der Waals surface area contributed by atoms with Gasteiger partial charge in [0.15, 0.2) is 0 Å². The van der Waals surface area contributed by atoms with E-state index >= 15 is 0 Å². The number of carboxylic acids is 1. The van der Waals surface area contributed by atoms with E-state index in [2.05, 4.69) is 26.5 Å². The van der Waals surface area contributed by atoms with Crippen LogP contribution in [0.2, 0.25) is 0 Å². The highest BCUT2D eigenvalue weighted by Crippen LogP contribution is 2.23. The molecule has 0 spiro atoms. The molecule has 0 aliphatic rings. The summed E-state index contributed by atoms with van der Waals surface area (Å²) >= 11 is 3.23. The second-order valence-corrected chi connectivity index (χ2v) is 6.36. The molecule has 1 aromatic heterocycles. The van der Waals surface area contributed by atoms with Crippen molar-refractivity contribution in [3.63, 3.8) is 0 Å². The van der Waals surface area contributed by atoms with E-state index in [1.807, 2.05) is 0 Å². The molecule has 8 heteroatoms. The third kappa shape index (κ3) is 4.42. The van der Waals surface area contributed by atoms with Gasteiger partial charge in [0.05, 0.1) is 17.3 Å². The number of aromatic hydroxyl groups is 1. The lowest BCUT2D eigenvalue weighted by atomic mass is 10.1. The van der Waals surface area contributed by atoms with E-state index in [4.69, 9.17) is 9.52 Å². The molecule has 0 bridgehead atoms. The molecule has 0 saturated heterocycles. The fourth-order valence-corrected chi connectivity index (χ4v) is 2.65. The first-order chi connectivity index (χ1) is 12.9. The maximum atomic E-state index is 12.0. The highest BCUT2D eigenvalue weighted by Gasteiger charge is 2.11. The molecule has 0 fully saturated rings. The summed E-state index contributed by atoms with van der Waals surface area (Å²) < 4.78 is 6.23. The second kappa shape index (κ2) is 7.88. The predicted molar refractivity (Wildman–Crippen MR) is 102 cm³/mol. The van der Waals surface area contributed by atoms with Gasteiger partial charge in [-0.05, 0) is 42.5 Å². The number of phenolic OH excluding ortho intramolecular Hbond substituents is 1. The van der Waals surface area contributed by atoms with Crippen LogP contribution in [0.3, 0.4) is 0 Å². The molecule has 2 aromatic carbocycles. The molecular formula is C19H13BrN2O5. The number of furan rings is 1. The minimum atomic E-state index is -1.02. The minimum absolute atomic E-state index is 0.0761. The van der Waals surface area contributed by atoms with Crippen molar-refractivity contribution >= 4 is 34.0 Å². The molecule has 136 valence electrons. The molecular weight excluding hydrogens is 416 g/mol. The number of carbonyl (C=O) groups is 2. The van der Waals surface area contributed by atoms with Crippen LogP contribution in [0.15, 0.2) is 68.6 Å². The number of amides is 1. The van der Waals surface area contributed by atoms with Gasteiger partial charge in [0.2, 0.25) is 0 Å². The van der Waals surface area contributed by atoms with Gasteiger partial charge in [0, 0.05) is 10.0 Å². The van der Waals surface area contributed by atoms with Crippen molar-refractivity contribution in [1.29, 1.82) is 0 Å². The van der Waals surface area contributed by atoms with Gasteiger partial charge in [-0.3, -0.25) is 4.79 Å². The van der Waals surface area contributed by atoms with Crippen molar-refractivity contribution in [3.05, 3.63) is 76.0 Å². The molecule has 0 atom stereocenters. The van der Waals surface area contributed by atoms with Crippen molar-refractivity contribution in [2.75, 3.05) is 0 Å². The fraction of sp³-hybridized carbons (Fsp3) is 0. The van der Waals surface area contributed by atoms with Crippen molar-refractivity contribution < 1.29 is 24.2 Å². The second-order valence-electron chi connectivity index (χ2n) is 5.45. The summed E-state index contributed by atoms with van der Waals surface area (Å²) in [6, 6.07) is 14.1. The summed E-state index contributed by atoms with van der Waals surface area (Å²) in [6.45, 7) is 0. The van der Waals surface area contributed by atoms with Crippen molar-refractivity contribution in [1.82, 2.24) is 5.43 Å². The van der Waals surface area contributed by atoms with Gasteiger partial charge in [-0.15, -0.1) is 0 Å². The zero-order chi connectivity index (χ0) is 19.4. The number of phenols is 1. The Bertz CT molecular complexity index is 1040. The molecule has 27 heavy (non-hydrogen) atoms. The lowest BCUT2D eigenvalue weighted by molar-refractivity contribution is 0.0696. The standard InChI is InChI=1S/C19H13BrN2O5/c20-13-4-6-16(23)15(9-13)18(24)22-21-10-14-5-7-17(27-14)11-2-1-3-12(8-11)19(25)26/h1-10,23H,(H,22,24)(H,25,26)/b21-10+. The summed E-state index contributed by atoms with van der Waals surface area (Å²) in [7, 11) is 0. The summed E-state index contributed by atoms with van der Waals surface area (Å²) in [5.41, 5.74) is 3.14. The fourth-order valence-electron chi connectivity index (χ4n) is 2.29. The van der Waals surface area contributed by atoms with Gasteiger partial charge in [0.25, 0.3) is 5.91 Å². The third-order valence-corrected chi connectivity index (χ3v) is 4.08.